The molecule has 0 radical (unpaired) electrons. The lowest BCUT2D eigenvalue weighted by molar-refractivity contribution is 0.586. The fraction of sp³-hybridized carbons (Fsp3) is 0. The average molecular weight is 340 g/mol. The molecule has 8 heteroatoms. The highest BCUT2D eigenvalue weighted by molar-refractivity contribution is 7.89. The van der Waals surface area contributed by atoms with Gasteiger partial charge in [-0.05, 0) is 36.4 Å². The summed E-state index contributed by atoms with van der Waals surface area (Å²) in [5.41, 5.74) is 2.05. The van der Waals surface area contributed by atoms with Crippen molar-refractivity contribution in [3.05, 3.63) is 60.6 Å². The van der Waals surface area contributed by atoms with Crippen molar-refractivity contribution in [1.29, 1.82) is 5.26 Å². The summed E-state index contributed by atoms with van der Waals surface area (Å²) in [5, 5.41) is 17.2. The standard InChI is InChI=1S/C16H12N4O3S/c17-9-11(16-20-14-3-1-2-4-15(14)23-16)10-19-12-5-7-13(8-6-12)24(18,21)22/h1-8,10,19H,(H2,18,21,22)/b11-10-. The maximum Gasteiger partial charge on any atom is 0.239 e. The van der Waals surface area contributed by atoms with E-state index in [1.165, 1.54) is 30.5 Å². The molecule has 1 aromatic heterocycles. The largest absolute Gasteiger partial charge is 0.435 e. The van der Waals surface area contributed by atoms with Gasteiger partial charge in [0.1, 0.15) is 17.2 Å². The van der Waals surface area contributed by atoms with Crippen molar-refractivity contribution in [1.82, 2.24) is 4.98 Å². The van der Waals surface area contributed by atoms with Crippen molar-refractivity contribution in [3.63, 3.8) is 0 Å². The number of anilines is 1. The molecule has 0 atom stereocenters. The number of para-hydroxylation sites is 2. The summed E-state index contributed by atoms with van der Waals surface area (Å²) in [6.07, 6.45) is 1.44. The van der Waals surface area contributed by atoms with Gasteiger partial charge in [0.05, 0.1) is 4.90 Å². The minimum atomic E-state index is -3.73. The van der Waals surface area contributed by atoms with Crippen LogP contribution in [0.2, 0.25) is 0 Å². The number of benzene rings is 2. The van der Waals surface area contributed by atoms with Gasteiger partial charge in [-0.1, -0.05) is 12.1 Å². The molecular weight excluding hydrogens is 328 g/mol. The first-order valence-electron chi connectivity index (χ1n) is 6.83. The number of aromatic nitrogens is 1. The molecule has 2 aromatic carbocycles. The normalized spacial score (nSPS) is 12.1. The van der Waals surface area contributed by atoms with Crippen LogP contribution in [0.15, 0.2) is 64.0 Å². The Kier molecular flexibility index (Phi) is 4.04. The van der Waals surface area contributed by atoms with Crippen molar-refractivity contribution < 1.29 is 12.8 Å². The maximum absolute atomic E-state index is 11.2. The van der Waals surface area contributed by atoms with E-state index in [0.29, 0.717) is 16.8 Å². The van der Waals surface area contributed by atoms with Crippen LogP contribution in [0.4, 0.5) is 5.69 Å². The van der Waals surface area contributed by atoms with Gasteiger partial charge in [-0.15, -0.1) is 0 Å². The van der Waals surface area contributed by atoms with Crippen LogP contribution in [0.3, 0.4) is 0 Å². The van der Waals surface area contributed by atoms with Gasteiger partial charge in [-0.2, -0.15) is 5.26 Å². The third kappa shape index (κ3) is 3.27. The highest BCUT2D eigenvalue weighted by atomic mass is 32.2. The summed E-state index contributed by atoms with van der Waals surface area (Å²) in [4.78, 5) is 4.26. The minimum absolute atomic E-state index is 0.0106. The third-order valence-electron chi connectivity index (χ3n) is 3.21. The highest BCUT2D eigenvalue weighted by Gasteiger charge is 2.10. The molecule has 0 spiro atoms. The van der Waals surface area contributed by atoms with Crippen molar-refractivity contribution in [2.24, 2.45) is 5.14 Å². The van der Waals surface area contributed by atoms with Crippen LogP contribution < -0.4 is 10.5 Å². The first-order valence-corrected chi connectivity index (χ1v) is 8.37. The van der Waals surface area contributed by atoms with Crippen LogP contribution in [-0.4, -0.2) is 13.4 Å². The summed E-state index contributed by atoms with van der Waals surface area (Å²) < 4.78 is 28.0. The topological polar surface area (TPSA) is 122 Å². The van der Waals surface area contributed by atoms with Gasteiger partial charge in [0, 0.05) is 11.9 Å². The lowest BCUT2D eigenvalue weighted by Gasteiger charge is -2.02. The van der Waals surface area contributed by atoms with Gasteiger partial charge in [0.2, 0.25) is 15.9 Å². The summed E-state index contributed by atoms with van der Waals surface area (Å²) in [5.74, 6) is 0.201. The van der Waals surface area contributed by atoms with E-state index in [2.05, 4.69) is 10.3 Å². The van der Waals surface area contributed by atoms with Crippen molar-refractivity contribution in [2.45, 2.75) is 4.90 Å². The summed E-state index contributed by atoms with van der Waals surface area (Å²) in [6, 6.07) is 15.0. The lowest BCUT2D eigenvalue weighted by Crippen LogP contribution is -2.11. The number of nitrogens with zero attached hydrogens (tertiary/aromatic N) is 2. The molecule has 0 saturated carbocycles. The van der Waals surface area contributed by atoms with E-state index < -0.39 is 10.0 Å². The Bertz CT molecular complexity index is 1030. The molecule has 0 fully saturated rings. The Labute approximate surface area is 138 Å². The zero-order valence-corrected chi connectivity index (χ0v) is 13.1. The van der Waals surface area contributed by atoms with E-state index in [1.807, 2.05) is 18.2 Å². The van der Waals surface area contributed by atoms with Gasteiger partial charge >= 0.3 is 0 Å². The van der Waals surface area contributed by atoms with Crippen LogP contribution in [0, 0.1) is 11.3 Å². The molecule has 120 valence electrons. The highest BCUT2D eigenvalue weighted by Crippen LogP contribution is 2.21. The molecule has 1 heterocycles. The number of nitriles is 1. The minimum Gasteiger partial charge on any atom is -0.435 e. The molecule has 3 N–H and O–H groups in total. The number of hydrogen-bond donors (Lipinski definition) is 2. The molecule has 0 aliphatic carbocycles. The van der Waals surface area contributed by atoms with Crippen LogP contribution in [0.5, 0.6) is 0 Å². The Morgan fingerprint density at radius 1 is 1.21 bits per heavy atom. The monoisotopic (exact) mass is 340 g/mol. The van der Waals surface area contributed by atoms with Gasteiger partial charge < -0.3 is 9.73 Å². The number of sulfonamides is 1. The summed E-state index contributed by atoms with van der Waals surface area (Å²) in [6.45, 7) is 0. The molecule has 0 saturated heterocycles. The molecule has 24 heavy (non-hydrogen) atoms. The van der Waals surface area contributed by atoms with Crippen molar-refractivity contribution in [2.75, 3.05) is 5.32 Å². The number of allylic oxidation sites excluding steroid dienone is 1. The molecule has 3 rings (SSSR count). The molecule has 0 bridgehead atoms. The smallest absolute Gasteiger partial charge is 0.239 e. The molecule has 7 nitrogen and oxygen atoms in total. The fourth-order valence-electron chi connectivity index (χ4n) is 2.03. The number of hydrogen-bond acceptors (Lipinski definition) is 6. The first kappa shape index (κ1) is 15.7. The number of nitrogens with one attached hydrogen (secondary N) is 1. The summed E-state index contributed by atoms with van der Waals surface area (Å²) >= 11 is 0. The molecule has 0 aliphatic heterocycles. The van der Waals surface area contributed by atoms with Crippen LogP contribution in [0.1, 0.15) is 5.89 Å². The zero-order chi connectivity index (χ0) is 17.2. The van der Waals surface area contributed by atoms with E-state index in [1.54, 1.807) is 12.1 Å². The van der Waals surface area contributed by atoms with Gasteiger partial charge in [0.15, 0.2) is 5.58 Å². The number of oxazole rings is 1. The predicted molar refractivity (Wildman–Crippen MR) is 89.0 cm³/mol. The fourth-order valence-corrected chi connectivity index (χ4v) is 2.54. The number of nitrogens with two attached hydrogens (primary N) is 1. The molecular formula is C16H12N4O3S. The Balaban J connectivity index is 1.85. The molecule has 0 unspecified atom stereocenters. The van der Waals surface area contributed by atoms with Crippen LogP contribution in [0.25, 0.3) is 16.7 Å². The third-order valence-corrected chi connectivity index (χ3v) is 4.14. The van der Waals surface area contributed by atoms with Crippen LogP contribution in [-0.2, 0) is 10.0 Å². The number of rotatable bonds is 4. The quantitative estimate of drug-likeness (QED) is 0.703. The summed E-state index contributed by atoms with van der Waals surface area (Å²) in [7, 11) is -3.73. The maximum atomic E-state index is 11.2. The van der Waals surface area contributed by atoms with Crippen molar-refractivity contribution in [3.8, 4) is 6.07 Å². The zero-order valence-electron chi connectivity index (χ0n) is 12.3. The van der Waals surface area contributed by atoms with Crippen LogP contribution >= 0.6 is 0 Å². The lowest BCUT2D eigenvalue weighted by atomic mass is 10.3. The van der Waals surface area contributed by atoms with Gasteiger partial charge in [0.25, 0.3) is 0 Å². The molecule has 0 aliphatic rings. The van der Waals surface area contributed by atoms with E-state index in [-0.39, 0.29) is 16.4 Å². The van der Waals surface area contributed by atoms with E-state index in [9.17, 15) is 13.7 Å². The van der Waals surface area contributed by atoms with E-state index in [4.69, 9.17) is 9.56 Å². The average Bonchev–Trinajstić information content (AvgIpc) is 2.99. The first-order chi connectivity index (χ1) is 11.5. The number of primary sulfonamides is 1. The van der Waals surface area contributed by atoms with Gasteiger partial charge in [-0.25, -0.2) is 18.5 Å². The Morgan fingerprint density at radius 2 is 1.92 bits per heavy atom. The van der Waals surface area contributed by atoms with E-state index >= 15 is 0 Å². The Hall–Kier alpha value is -3.15. The molecule has 3 aromatic rings. The SMILES string of the molecule is N#C/C(=C/Nc1ccc(S(N)(=O)=O)cc1)c1nc2ccccc2o1. The predicted octanol–water partition coefficient (Wildman–Crippen LogP) is 2.45. The van der Waals surface area contributed by atoms with Gasteiger partial charge in [-0.3, -0.25) is 0 Å². The second-order valence-corrected chi connectivity index (χ2v) is 6.43. The number of fused-ring (bicyclic) bond motifs is 1. The van der Waals surface area contributed by atoms with E-state index in [0.717, 1.165) is 0 Å². The Morgan fingerprint density at radius 3 is 2.54 bits per heavy atom. The van der Waals surface area contributed by atoms with Crippen molar-refractivity contribution >= 4 is 32.4 Å². The second kappa shape index (κ2) is 6.16. The molecule has 0 amide bonds. The second-order valence-electron chi connectivity index (χ2n) is 4.87.